The number of methoxy groups -OCH3 is 1. The Bertz CT molecular complexity index is 1090. The zero-order valence-electron chi connectivity index (χ0n) is 21.0. The van der Waals surface area contributed by atoms with E-state index in [9.17, 15) is 18.4 Å². The summed E-state index contributed by atoms with van der Waals surface area (Å²) in [5, 5.41) is 3.23. The van der Waals surface area contributed by atoms with Crippen molar-refractivity contribution in [2.24, 2.45) is 17.8 Å². The van der Waals surface area contributed by atoms with Crippen LogP contribution in [0.2, 0.25) is 0 Å². The molecule has 0 saturated carbocycles. The summed E-state index contributed by atoms with van der Waals surface area (Å²) in [6, 6.07) is 12.0. The zero-order valence-corrected chi connectivity index (χ0v) is 21.0. The lowest BCUT2D eigenvalue weighted by atomic mass is 10.0. The number of amides is 2. The first-order valence-electron chi connectivity index (χ1n) is 12.9. The first-order valence-corrected chi connectivity index (χ1v) is 12.9. The van der Waals surface area contributed by atoms with Gasteiger partial charge in [0, 0.05) is 51.5 Å². The predicted molar refractivity (Wildman–Crippen MR) is 133 cm³/mol. The molecule has 3 aliphatic heterocycles. The van der Waals surface area contributed by atoms with Crippen LogP contribution in [0.15, 0.2) is 42.5 Å². The number of benzene rings is 2. The molecule has 3 fully saturated rings. The van der Waals surface area contributed by atoms with Crippen molar-refractivity contribution < 1.29 is 27.8 Å². The molecule has 0 aliphatic carbocycles. The minimum Gasteiger partial charge on any atom is -0.497 e. The van der Waals surface area contributed by atoms with Gasteiger partial charge in [-0.25, -0.2) is 8.78 Å². The Hall–Kier alpha value is -3.04. The Labute approximate surface area is 215 Å². The molecular formula is C28H33F2N3O4. The van der Waals surface area contributed by atoms with Crippen LogP contribution in [-0.2, 0) is 9.53 Å². The van der Waals surface area contributed by atoms with Crippen molar-refractivity contribution in [3.05, 3.63) is 65.2 Å². The molecule has 0 bridgehead atoms. The van der Waals surface area contributed by atoms with Gasteiger partial charge in [0.15, 0.2) is 0 Å². The number of carbonyl (C=O) groups excluding carboxylic acids is 2. The molecule has 2 amide bonds. The summed E-state index contributed by atoms with van der Waals surface area (Å²) in [6.07, 6.45) is 1.52. The predicted octanol–water partition coefficient (Wildman–Crippen LogP) is 3.26. The van der Waals surface area contributed by atoms with Crippen molar-refractivity contribution in [1.29, 1.82) is 0 Å². The highest BCUT2D eigenvalue weighted by molar-refractivity contribution is 5.95. The van der Waals surface area contributed by atoms with Crippen LogP contribution < -0.4 is 10.1 Å². The van der Waals surface area contributed by atoms with Crippen molar-refractivity contribution in [2.45, 2.75) is 18.9 Å². The van der Waals surface area contributed by atoms with Gasteiger partial charge in [-0.1, -0.05) is 30.3 Å². The summed E-state index contributed by atoms with van der Waals surface area (Å²) in [5.41, 5.74) is 0.557. The third kappa shape index (κ3) is 5.62. The molecular weight excluding hydrogens is 480 g/mol. The maximum atomic E-state index is 14.4. The molecule has 4 atom stereocenters. The second-order valence-corrected chi connectivity index (χ2v) is 10.3. The monoisotopic (exact) mass is 513 g/mol. The van der Waals surface area contributed by atoms with Crippen LogP contribution in [-0.4, -0.2) is 74.7 Å². The fraction of sp³-hybridized carbons (Fsp3) is 0.500. The number of nitrogens with one attached hydrogen (secondary N) is 1. The van der Waals surface area contributed by atoms with Gasteiger partial charge in [-0.3, -0.25) is 9.59 Å². The maximum absolute atomic E-state index is 14.4. The van der Waals surface area contributed by atoms with Gasteiger partial charge in [0.2, 0.25) is 5.91 Å². The molecule has 9 heteroatoms. The van der Waals surface area contributed by atoms with Crippen molar-refractivity contribution in [1.82, 2.24) is 15.1 Å². The van der Waals surface area contributed by atoms with Gasteiger partial charge in [0.1, 0.15) is 22.9 Å². The lowest BCUT2D eigenvalue weighted by molar-refractivity contribution is -0.125. The molecule has 3 heterocycles. The minimum atomic E-state index is -0.904. The molecule has 5 rings (SSSR count). The maximum Gasteiger partial charge on any atom is 0.259 e. The molecule has 1 N–H and O–H groups in total. The molecule has 3 unspecified atom stereocenters. The topological polar surface area (TPSA) is 71.1 Å². The van der Waals surface area contributed by atoms with Crippen molar-refractivity contribution in [3.8, 4) is 5.75 Å². The number of ether oxygens (including phenoxy) is 2. The molecule has 198 valence electrons. The second kappa shape index (κ2) is 11.1. The molecule has 0 radical (unpaired) electrons. The average Bonchev–Trinajstić information content (AvgIpc) is 3.63. The van der Waals surface area contributed by atoms with Crippen LogP contribution in [0.1, 0.15) is 34.8 Å². The Balaban J connectivity index is 1.17. The average molecular weight is 514 g/mol. The summed E-state index contributed by atoms with van der Waals surface area (Å²) < 4.78 is 39.2. The van der Waals surface area contributed by atoms with Gasteiger partial charge < -0.3 is 24.6 Å². The van der Waals surface area contributed by atoms with E-state index < -0.39 is 23.1 Å². The molecule has 37 heavy (non-hydrogen) atoms. The van der Waals surface area contributed by atoms with Crippen molar-refractivity contribution in [2.75, 3.05) is 53.0 Å². The van der Waals surface area contributed by atoms with Gasteiger partial charge in [-0.05, 0) is 30.2 Å². The molecule has 3 aliphatic rings. The molecule has 0 spiro atoms. The van der Waals surface area contributed by atoms with E-state index in [0.717, 1.165) is 50.2 Å². The summed E-state index contributed by atoms with van der Waals surface area (Å²) in [6.45, 7) is 4.49. The first-order chi connectivity index (χ1) is 17.9. The quantitative estimate of drug-likeness (QED) is 0.587. The number of likely N-dealkylation sites (tertiary alicyclic amines) is 2. The number of hydrogen-bond acceptors (Lipinski definition) is 5. The summed E-state index contributed by atoms with van der Waals surface area (Å²) in [7, 11) is 1.32. The zero-order chi connectivity index (χ0) is 25.9. The van der Waals surface area contributed by atoms with Crippen molar-refractivity contribution >= 4 is 11.8 Å². The SMILES string of the molecule is COc1cc(F)c(C(=O)N2CC3CN(CCC(NC(=O)C4CCOC4)c4ccccc4)C[C@H]3C2)c(F)c1. The van der Waals surface area contributed by atoms with Crippen LogP contribution in [0.5, 0.6) is 5.75 Å². The van der Waals surface area contributed by atoms with E-state index in [2.05, 4.69) is 10.2 Å². The summed E-state index contributed by atoms with van der Waals surface area (Å²) in [5.74, 6) is -1.92. The first kappa shape index (κ1) is 25.6. The highest BCUT2D eigenvalue weighted by atomic mass is 19.1. The Morgan fingerprint density at radius 1 is 1.08 bits per heavy atom. The van der Waals surface area contributed by atoms with Gasteiger partial charge in [0.25, 0.3) is 5.91 Å². The van der Waals surface area contributed by atoms with Crippen LogP contribution in [0.4, 0.5) is 8.78 Å². The van der Waals surface area contributed by atoms with E-state index in [1.165, 1.54) is 7.11 Å². The molecule has 0 aromatic heterocycles. The highest BCUT2D eigenvalue weighted by Crippen LogP contribution is 2.33. The lowest BCUT2D eigenvalue weighted by Gasteiger charge is -2.25. The van der Waals surface area contributed by atoms with Crippen LogP contribution in [0.3, 0.4) is 0 Å². The van der Waals surface area contributed by atoms with Crippen molar-refractivity contribution in [3.63, 3.8) is 0 Å². The van der Waals surface area contributed by atoms with E-state index in [0.29, 0.717) is 26.3 Å². The fourth-order valence-corrected chi connectivity index (χ4v) is 5.82. The number of fused-ring (bicyclic) bond motifs is 1. The molecule has 3 saturated heterocycles. The van der Waals surface area contributed by atoms with Gasteiger partial charge >= 0.3 is 0 Å². The van der Waals surface area contributed by atoms with E-state index in [4.69, 9.17) is 9.47 Å². The number of carbonyl (C=O) groups is 2. The third-order valence-corrected chi connectivity index (χ3v) is 7.87. The standard InChI is InChI=1S/C28H33F2N3O4/c1-36-22-11-23(29)26(24(30)12-22)28(35)33-15-20-13-32(14-21(20)16-33)9-7-25(18-5-3-2-4-6-18)31-27(34)19-8-10-37-17-19/h2-6,11-12,19-21,25H,7-10,13-17H2,1H3,(H,31,34)/t19?,20-,21?,25?/m0/s1. The molecule has 7 nitrogen and oxygen atoms in total. The number of nitrogens with zero attached hydrogens (tertiary/aromatic N) is 2. The van der Waals surface area contributed by atoms with E-state index >= 15 is 0 Å². The fourth-order valence-electron chi connectivity index (χ4n) is 5.82. The summed E-state index contributed by atoms with van der Waals surface area (Å²) >= 11 is 0. The van der Waals surface area contributed by atoms with Crippen LogP contribution in [0, 0.1) is 29.4 Å². The number of halogens is 2. The second-order valence-electron chi connectivity index (χ2n) is 10.3. The Morgan fingerprint density at radius 2 is 1.76 bits per heavy atom. The smallest absolute Gasteiger partial charge is 0.259 e. The highest BCUT2D eigenvalue weighted by Gasteiger charge is 2.42. The van der Waals surface area contributed by atoms with E-state index in [1.807, 2.05) is 30.3 Å². The number of rotatable bonds is 8. The van der Waals surface area contributed by atoms with Gasteiger partial charge in [-0.2, -0.15) is 0 Å². The molecule has 2 aromatic carbocycles. The Morgan fingerprint density at radius 3 is 2.35 bits per heavy atom. The Kier molecular flexibility index (Phi) is 7.71. The largest absolute Gasteiger partial charge is 0.497 e. The molecule has 2 aromatic rings. The van der Waals surface area contributed by atoms with E-state index in [1.54, 1.807) is 4.90 Å². The van der Waals surface area contributed by atoms with Crippen LogP contribution in [0.25, 0.3) is 0 Å². The summed E-state index contributed by atoms with van der Waals surface area (Å²) in [4.78, 5) is 29.6. The number of hydrogen-bond donors (Lipinski definition) is 1. The minimum absolute atomic E-state index is 0.0387. The third-order valence-electron chi connectivity index (χ3n) is 7.87. The lowest BCUT2D eigenvalue weighted by Crippen LogP contribution is -2.37. The van der Waals surface area contributed by atoms with Gasteiger partial charge in [0.05, 0.1) is 25.7 Å². The van der Waals surface area contributed by atoms with Crippen LogP contribution >= 0.6 is 0 Å². The van der Waals surface area contributed by atoms with Gasteiger partial charge in [-0.15, -0.1) is 0 Å². The normalized spacial score (nSPS) is 24.2. The van der Waals surface area contributed by atoms with E-state index in [-0.39, 0.29) is 35.5 Å².